The highest BCUT2D eigenvalue weighted by molar-refractivity contribution is 5.88. The molecule has 0 radical (unpaired) electrons. The third-order valence-electron chi connectivity index (χ3n) is 3.77. The predicted molar refractivity (Wildman–Crippen MR) is 80.3 cm³/mol. The number of carbonyl (C=O) groups excluding carboxylic acids is 1. The molecule has 0 bridgehead atoms. The zero-order valence-corrected chi connectivity index (χ0v) is 12.3. The van der Waals surface area contributed by atoms with E-state index >= 15 is 0 Å². The molecule has 1 aliphatic rings. The molecule has 2 aromatic rings. The minimum atomic E-state index is -4.59. The van der Waals surface area contributed by atoms with Gasteiger partial charge in [0.25, 0.3) is 0 Å². The van der Waals surface area contributed by atoms with Crippen LogP contribution in [0.2, 0.25) is 0 Å². The van der Waals surface area contributed by atoms with E-state index < -0.39 is 30.0 Å². The van der Waals surface area contributed by atoms with E-state index in [1.165, 1.54) is 6.07 Å². The van der Waals surface area contributed by atoms with Gasteiger partial charge in [0.2, 0.25) is 0 Å². The van der Waals surface area contributed by atoms with Crippen LogP contribution in [-0.4, -0.2) is 22.2 Å². The molecule has 126 valence electrons. The molecule has 3 rings (SSSR count). The lowest BCUT2D eigenvalue weighted by Crippen LogP contribution is -2.37. The minimum Gasteiger partial charge on any atom is -0.390 e. The number of urea groups is 1. The summed E-state index contributed by atoms with van der Waals surface area (Å²) in [6, 6.07) is 9.15. The van der Waals surface area contributed by atoms with Crippen LogP contribution in [0.5, 0.6) is 0 Å². The second-order valence-corrected chi connectivity index (χ2v) is 5.45. The molecule has 1 heterocycles. The minimum absolute atomic E-state index is 0.219. The van der Waals surface area contributed by atoms with Gasteiger partial charge in [-0.3, -0.25) is 5.32 Å². The van der Waals surface area contributed by atoms with E-state index in [0.717, 1.165) is 23.3 Å². The van der Waals surface area contributed by atoms with Crippen LogP contribution in [0.15, 0.2) is 42.5 Å². The van der Waals surface area contributed by atoms with Crippen molar-refractivity contribution in [2.45, 2.75) is 24.7 Å². The van der Waals surface area contributed by atoms with Crippen LogP contribution in [-0.2, 0) is 12.6 Å². The highest BCUT2D eigenvalue weighted by atomic mass is 19.4. The third-order valence-corrected chi connectivity index (χ3v) is 3.77. The first-order valence-electron chi connectivity index (χ1n) is 7.22. The Hall–Kier alpha value is -2.61. The highest BCUT2D eigenvalue weighted by Gasteiger charge is 2.33. The summed E-state index contributed by atoms with van der Waals surface area (Å²) in [4.78, 5) is 15.4. The van der Waals surface area contributed by atoms with Crippen molar-refractivity contribution in [3.05, 3.63) is 59.3 Å². The van der Waals surface area contributed by atoms with E-state index in [-0.39, 0.29) is 5.82 Å². The molecule has 1 aromatic carbocycles. The number of alkyl halides is 3. The second-order valence-electron chi connectivity index (χ2n) is 5.45. The van der Waals surface area contributed by atoms with Gasteiger partial charge in [0.15, 0.2) is 0 Å². The number of rotatable bonds is 2. The van der Waals surface area contributed by atoms with Gasteiger partial charge in [-0.05, 0) is 23.3 Å². The van der Waals surface area contributed by atoms with Crippen LogP contribution < -0.4 is 10.6 Å². The average Bonchev–Trinajstić information content (AvgIpc) is 2.83. The summed E-state index contributed by atoms with van der Waals surface area (Å²) in [5.41, 5.74) is 0.621. The molecule has 0 aliphatic heterocycles. The molecule has 0 spiro atoms. The number of carbonyl (C=O) groups is 1. The fourth-order valence-electron chi connectivity index (χ4n) is 2.70. The van der Waals surface area contributed by atoms with Gasteiger partial charge in [-0.2, -0.15) is 13.2 Å². The van der Waals surface area contributed by atoms with E-state index in [1.807, 2.05) is 12.1 Å². The number of pyridine rings is 1. The van der Waals surface area contributed by atoms with Crippen molar-refractivity contribution in [1.29, 1.82) is 0 Å². The Kier molecular flexibility index (Phi) is 4.15. The number of halogens is 3. The van der Waals surface area contributed by atoms with E-state index in [2.05, 4.69) is 15.6 Å². The zero-order chi connectivity index (χ0) is 17.3. The molecule has 1 aromatic heterocycles. The lowest BCUT2D eigenvalue weighted by molar-refractivity contribution is -0.141. The van der Waals surface area contributed by atoms with Crippen LogP contribution in [0.25, 0.3) is 0 Å². The van der Waals surface area contributed by atoms with Crippen LogP contribution >= 0.6 is 0 Å². The molecule has 1 aliphatic carbocycles. The van der Waals surface area contributed by atoms with Crippen LogP contribution in [0.4, 0.5) is 23.8 Å². The monoisotopic (exact) mass is 337 g/mol. The first kappa shape index (κ1) is 16.3. The van der Waals surface area contributed by atoms with Gasteiger partial charge in [-0.15, -0.1) is 0 Å². The van der Waals surface area contributed by atoms with Gasteiger partial charge in [-0.1, -0.05) is 30.3 Å². The van der Waals surface area contributed by atoms with Crippen molar-refractivity contribution >= 4 is 11.8 Å². The Morgan fingerprint density at radius 3 is 2.67 bits per heavy atom. The summed E-state index contributed by atoms with van der Waals surface area (Å²) in [5.74, 6) is -0.219. The van der Waals surface area contributed by atoms with Crippen molar-refractivity contribution in [3.8, 4) is 0 Å². The van der Waals surface area contributed by atoms with Crippen LogP contribution in [0.3, 0.4) is 0 Å². The fraction of sp³-hybridized carbons (Fsp3) is 0.250. The van der Waals surface area contributed by atoms with E-state index in [1.54, 1.807) is 12.1 Å². The van der Waals surface area contributed by atoms with E-state index in [0.29, 0.717) is 6.42 Å². The summed E-state index contributed by atoms with van der Waals surface area (Å²) >= 11 is 0. The molecule has 0 saturated heterocycles. The molecule has 2 atom stereocenters. The van der Waals surface area contributed by atoms with Crippen molar-refractivity contribution in [3.63, 3.8) is 0 Å². The maximum atomic E-state index is 12.6. The maximum absolute atomic E-state index is 12.6. The number of nitrogens with one attached hydrogen (secondary N) is 2. The van der Waals surface area contributed by atoms with Gasteiger partial charge in [0.05, 0.1) is 12.1 Å². The topological polar surface area (TPSA) is 74.2 Å². The van der Waals surface area contributed by atoms with Crippen molar-refractivity contribution in [2.24, 2.45) is 0 Å². The number of aliphatic hydroxyl groups is 1. The molecule has 0 saturated carbocycles. The summed E-state index contributed by atoms with van der Waals surface area (Å²) in [6.45, 7) is 0. The summed E-state index contributed by atoms with van der Waals surface area (Å²) < 4.78 is 37.9. The Bertz CT molecular complexity index is 764. The number of aromatic nitrogens is 1. The number of nitrogens with zero attached hydrogens (tertiary/aromatic N) is 1. The Morgan fingerprint density at radius 1 is 1.17 bits per heavy atom. The van der Waals surface area contributed by atoms with Gasteiger partial charge in [0.1, 0.15) is 11.5 Å². The summed E-state index contributed by atoms with van der Waals surface area (Å²) in [7, 11) is 0. The molecule has 0 fully saturated rings. The van der Waals surface area contributed by atoms with Crippen LogP contribution in [0.1, 0.15) is 22.9 Å². The van der Waals surface area contributed by atoms with E-state index in [9.17, 15) is 23.1 Å². The first-order valence-corrected chi connectivity index (χ1v) is 7.22. The number of anilines is 1. The number of hydrogen-bond donors (Lipinski definition) is 3. The molecule has 8 heteroatoms. The lowest BCUT2D eigenvalue weighted by Gasteiger charge is -2.18. The van der Waals surface area contributed by atoms with Gasteiger partial charge in [-0.25, -0.2) is 9.78 Å². The second kappa shape index (κ2) is 6.12. The van der Waals surface area contributed by atoms with Gasteiger partial charge >= 0.3 is 12.2 Å². The van der Waals surface area contributed by atoms with Crippen LogP contribution in [0, 0.1) is 0 Å². The average molecular weight is 337 g/mol. The normalized spacial score (nSPS) is 19.7. The number of amides is 2. The van der Waals surface area contributed by atoms with Crippen molar-refractivity contribution in [2.75, 3.05) is 5.32 Å². The predicted octanol–water partition coefficient (Wildman–Crippen LogP) is 2.88. The molecular weight excluding hydrogens is 323 g/mol. The molecule has 2 amide bonds. The molecule has 24 heavy (non-hydrogen) atoms. The smallest absolute Gasteiger partial charge is 0.390 e. The molecular formula is C16H14F3N3O2. The fourth-order valence-corrected chi connectivity index (χ4v) is 2.70. The first-order chi connectivity index (χ1) is 11.3. The number of aliphatic hydroxyl groups excluding tert-OH is 1. The van der Waals surface area contributed by atoms with Crippen molar-refractivity contribution in [1.82, 2.24) is 10.3 Å². The highest BCUT2D eigenvalue weighted by Crippen LogP contribution is 2.31. The largest absolute Gasteiger partial charge is 0.433 e. The zero-order valence-electron chi connectivity index (χ0n) is 12.3. The third kappa shape index (κ3) is 3.33. The van der Waals surface area contributed by atoms with E-state index in [4.69, 9.17) is 0 Å². The summed E-state index contributed by atoms with van der Waals surface area (Å²) in [6.07, 6.45) is -4.97. The number of benzene rings is 1. The Morgan fingerprint density at radius 2 is 1.92 bits per heavy atom. The lowest BCUT2D eigenvalue weighted by atomic mass is 10.1. The standard InChI is InChI=1S/C16H14F3N3O2/c17-16(18,19)12-6-3-7-13(20-12)21-15(24)22-14-10-5-2-1-4-9(10)8-11(14)23/h1-7,11,14,23H,8H2,(H2,20,21,22,24). The van der Waals surface area contributed by atoms with Crippen molar-refractivity contribution < 1.29 is 23.1 Å². The van der Waals surface area contributed by atoms with Gasteiger partial charge in [0, 0.05) is 6.42 Å². The quantitative estimate of drug-likeness (QED) is 0.789. The number of hydrogen-bond acceptors (Lipinski definition) is 3. The Balaban J connectivity index is 1.71. The maximum Gasteiger partial charge on any atom is 0.433 e. The molecule has 5 nitrogen and oxygen atoms in total. The summed E-state index contributed by atoms with van der Waals surface area (Å²) in [5, 5.41) is 14.9. The Labute approximate surface area is 135 Å². The molecule has 2 unspecified atom stereocenters. The molecule has 3 N–H and O–H groups in total. The SMILES string of the molecule is O=C(Nc1cccc(C(F)(F)F)n1)NC1c2ccccc2CC1O. The number of fused-ring (bicyclic) bond motifs is 1. The van der Waals surface area contributed by atoms with Gasteiger partial charge < -0.3 is 10.4 Å².